The van der Waals surface area contributed by atoms with Crippen LogP contribution in [0.2, 0.25) is 0 Å². The van der Waals surface area contributed by atoms with Gasteiger partial charge in [0.15, 0.2) is 11.5 Å². The Morgan fingerprint density at radius 2 is 1.87 bits per heavy atom. The number of carbonyl (C=O) groups excluding carboxylic acids is 2. The number of benzene rings is 2. The SMILES string of the molecule is CCNC(=O)N1CCC[C@@H](c2cccc(C(=O)NCc3ccc(OC)c(OC)c3)c2)C1. The summed E-state index contributed by atoms with van der Waals surface area (Å²) in [5.41, 5.74) is 2.63. The van der Waals surface area contributed by atoms with E-state index in [0.29, 0.717) is 36.7 Å². The number of hydrogen-bond donors (Lipinski definition) is 2. The predicted molar refractivity (Wildman–Crippen MR) is 120 cm³/mol. The number of rotatable bonds is 7. The van der Waals surface area contributed by atoms with Crippen molar-refractivity contribution in [2.24, 2.45) is 0 Å². The zero-order valence-corrected chi connectivity index (χ0v) is 18.4. The molecule has 0 aromatic heterocycles. The molecule has 166 valence electrons. The van der Waals surface area contributed by atoms with Gasteiger partial charge in [-0.15, -0.1) is 0 Å². The molecule has 0 bridgehead atoms. The Bertz CT molecular complexity index is 915. The van der Waals surface area contributed by atoms with Crippen LogP contribution >= 0.6 is 0 Å². The van der Waals surface area contributed by atoms with Crippen LogP contribution in [-0.2, 0) is 6.54 Å². The maximum absolute atomic E-state index is 12.7. The average molecular weight is 426 g/mol. The minimum absolute atomic E-state index is 0.0176. The number of amides is 3. The van der Waals surface area contributed by atoms with Crippen molar-refractivity contribution in [2.75, 3.05) is 33.9 Å². The van der Waals surface area contributed by atoms with Crippen molar-refractivity contribution in [1.29, 1.82) is 0 Å². The van der Waals surface area contributed by atoms with Gasteiger partial charge in [-0.3, -0.25) is 4.79 Å². The Kier molecular flexibility index (Phi) is 7.76. The van der Waals surface area contributed by atoms with E-state index in [4.69, 9.17) is 9.47 Å². The van der Waals surface area contributed by atoms with Crippen molar-refractivity contribution >= 4 is 11.9 Å². The van der Waals surface area contributed by atoms with E-state index in [1.807, 2.05) is 54.3 Å². The Balaban J connectivity index is 1.64. The minimum Gasteiger partial charge on any atom is -0.493 e. The maximum atomic E-state index is 12.7. The second-order valence-corrected chi connectivity index (χ2v) is 7.62. The van der Waals surface area contributed by atoms with Crippen LogP contribution in [0.5, 0.6) is 11.5 Å². The molecule has 1 atom stereocenters. The van der Waals surface area contributed by atoms with Crippen molar-refractivity contribution in [2.45, 2.75) is 32.2 Å². The molecule has 2 N–H and O–H groups in total. The predicted octanol–water partition coefficient (Wildman–Crippen LogP) is 3.54. The Morgan fingerprint density at radius 3 is 2.61 bits per heavy atom. The number of nitrogens with one attached hydrogen (secondary N) is 2. The summed E-state index contributed by atoms with van der Waals surface area (Å²) in [6, 6.07) is 13.3. The summed E-state index contributed by atoms with van der Waals surface area (Å²) in [5, 5.41) is 5.84. The first-order chi connectivity index (χ1) is 15.0. The van der Waals surface area contributed by atoms with Crippen molar-refractivity contribution in [1.82, 2.24) is 15.5 Å². The normalized spacial score (nSPS) is 15.8. The Morgan fingerprint density at radius 1 is 1.06 bits per heavy atom. The lowest BCUT2D eigenvalue weighted by atomic mass is 9.89. The Labute approximate surface area is 183 Å². The van der Waals surface area contributed by atoms with Crippen molar-refractivity contribution in [3.8, 4) is 11.5 Å². The van der Waals surface area contributed by atoms with Gasteiger partial charge in [-0.1, -0.05) is 18.2 Å². The number of methoxy groups -OCH3 is 2. The number of likely N-dealkylation sites (tertiary alicyclic amines) is 1. The fourth-order valence-electron chi connectivity index (χ4n) is 3.91. The van der Waals surface area contributed by atoms with Crippen molar-refractivity contribution in [3.63, 3.8) is 0 Å². The molecule has 3 rings (SSSR count). The highest BCUT2D eigenvalue weighted by atomic mass is 16.5. The summed E-state index contributed by atoms with van der Waals surface area (Å²) < 4.78 is 10.6. The molecule has 3 amide bonds. The van der Waals surface area contributed by atoms with Gasteiger partial charge in [0, 0.05) is 37.7 Å². The third kappa shape index (κ3) is 5.69. The second-order valence-electron chi connectivity index (χ2n) is 7.62. The van der Waals surface area contributed by atoms with E-state index in [9.17, 15) is 9.59 Å². The second kappa shape index (κ2) is 10.7. The maximum Gasteiger partial charge on any atom is 0.317 e. The van der Waals surface area contributed by atoms with Crippen LogP contribution in [0.25, 0.3) is 0 Å². The van der Waals surface area contributed by atoms with Crippen LogP contribution in [0.3, 0.4) is 0 Å². The fraction of sp³-hybridized carbons (Fsp3) is 0.417. The molecule has 7 nitrogen and oxygen atoms in total. The van der Waals surface area contributed by atoms with Crippen molar-refractivity contribution < 1.29 is 19.1 Å². The smallest absolute Gasteiger partial charge is 0.317 e. The van der Waals surface area contributed by atoms with Crippen LogP contribution < -0.4 is 20.1 Å². The van der Waals surface area contributed by atoms with Gasteiger partial charge in [0.2, 0.25) is 0 Å². The van der Waals surface area contributed by atoms with Crippen LogP contribution in [0.4, 0.5) is 4.79 Å². The average Bonchev–Trinajstić information content (AvgIpc) is 2.82. The molecule has 0 unspecified atom stereocenters. The van der Waals surface area contributed by atoms with Gasteiger partial charge in [0.1, 0.15) is 0 Å². The molecule has 1 fully saturated rings. The summed E-state index contributed by atoms with van der Waals surface area (Å²) in [5.74, 6) is 1.38. The fourth-order valence-corrected chi connectivity index (χ4v) is 3.91. The highest BCUT2D eigenvalue weighted by Gasteiger charge is 2.25. The van der Waals surface area contributed by atoms with E-state index < -0.39 is 0 Å². The molecular weight excluding hydrogens is 394 g/mol. The van der Waals surface area contributed by atoms with Gasteiger partial charge in [0.25, 0.3) is 5.91 Å². The minimum atomic E-state index is -0.131. The molecule has 0 saturated carbocycles. The third-order valence-corrected chi connectivity index (χ3v) is 5.56. The number of carbonyl (C=O) groups is 2. The summed E-state index contributed by atoms with van der Waals surface area (Å²) in [6.07, 6.45) is 1.96. The number of nitrogens with zero attached hydrogens (tertiary/aromatic N) is 1. The summed E-state index contributed by atoms with van der Waals surface area (Å²) in [7, 11) is 3.18. The molecule has 1 heterocycles. The molecule has 0 spiro atoms. The third-order valence-electron chi connectivity index (χ3n) is 5.56. The zero-order chi connectivity index (χ0) is 22.2. The van der Waals surface area contributed by atoms with Gasteiger partial charge in [0.05, 0.1) is 14.2 Å². The first-order valence-electron chi connectivity index (χ1n) is 10.7. The summed E-state index contributed by atoms with van der Waals surface area (Å²) in [6.45, 7) is 4.37. The first-order valence-corrected chi connectivity index (χ1v) is 10.7. The number of urea groups is 1. The van der Waals surface area contributed by atoms with Crippen LogP contribution in [0.1, 0.15) is 47.2 Å². The van der Waals surface area contributed by atoms with Crippen LogP contribution in [0, 0.1) is 0 Å². The highest BCUT2D eigenvalue weighted by molar-refractivity contribution is 5.94. The molecule has 0 aliphatic carbocycles. The standard InChI is InChI=1S/C24H31N3O4/c1-4-25-24(29)27-12-6-9-20(16-27)18-7-5-8-19(14-18)23(28)26-15-17-10-11-21(30-2)22(13-17)31-3/h5,7-8,10-11,13-14,20H,4,6,9,12,15-16H2,1-3H3,(H,25,29)(H,26,28)/t20-/m1/s1. The van der Waals surface area contributed by atoms with Gasteiger partial charge in [-0.2, -0.15) is 0 Å². The molecule has 1 aliphatic rings. The van der Waals surface area contributed by atoms with E-state index >= 15 is 0 Å². The van der Waals surface area contributed by atoms with Gasteiger partial charge in [-0.25, -0.2) is 4.79 Å². The quantitative estimate of drug-likeness (QED) is 0.711. The first kappa shape index (κ1) is 22.5. The van der Waals surface area contributed by atoms with Gasteiger partial charge in [-0.05, 0) is 55.2 Å². The molecule has 1 saturated heterocycles. The topological polar surface area (TPSA) is 79.9 Å². The Hall–Kier alpha value is -3.22. The van der Waals surface area contributed by atoms with E-state index in [1.165, 1.54) is 0 Å². The zero-order valence-electron chi connectivity index (χ0n) is 18.4. The largest absolute Gasteiger partial charge is 0.493 e. The summed E-state index contributed by atoms with van der Waals surface area (Å²) in [4.78, 5) is 26.8. The molecule has 2 aromatic carbocycles. The molecule has 7 heteroatoms. The molecule has 0 radical (unpaired) electrons. The van der Waals surface area contributed by atoms with Crippen LogP contribution in [-0.4, -0.2) is 50.7 Å². The molecule has 31 heavy (non-hydrogen) atoms. The lowest BCUT2D eigenvalue weighted by molar-refractivity contribution is 0.0950. The van der Waals surface area contributed by atoms with Crippen LogP contribution in [0.15, 0.2) is 42.5 Å². The van der Waals surface area contributed by atoms with Gasteiger partial charge < -0.3 is 25.0 Å². The monoisotopic (exact) mass is 425 g/mol. The van der Waals surface area contributed by atoms with Gasteiger partial charge >= 0.3 is 6.03 Å². The van der Waals surface area contributed by atoms with E-state index in [2.05, 4.69) is 10.6 Å². The number of hydrogen-bond acceptors (Lipinski definition) is 4. The number of piperidine rings is 1. The molecular formula is C24H31N3O4. The van der Waals surface area contributed by atoms with E-state index in [0.717, 1.165) is 30.5 Å². The lowest BCUT2D eigenvalue weighted by Crippen LogP contribution is -2.44. The summed E-state index contributed by atoms with van der Waals surface area (Å²) >= 11 is 0. The number of ether oxygens (including phenoxy) is 2. The van der Waals surface area contributed by atoms with E-state index in [-0.39, 0.29) is 17.9 Å². The lowest BCUT2D eigenvalue weighted by Gasteiger charge is -2.33. The highest BCUT2D eigenvalue weighted by Crippen LogP contribution is 2.28. The molecule has 2 aromatic rings. The molecule has 1 aliphatic heterocycles. The van der Waals surface area contributed by atoms with E-state index in [1.54, 1.807) is 14.2 Å². The van der Waals surface area contributed by atoms with Crippen molar-refractivity contribution in [3.05, 3.63) is 59.2 Å².